The molecule has 0 aliphatic heterocycles. The highest BCUT2D eigenvalue weighted by molar-refractivity contribution is 5.98. The van der Waals surface area contributed by atoms with Gasteiger partial charge in [-0.15, -0.1) is 0 Å². The van der Waals surface area contributed by atoms with Crippen LogP contribution in [0.4, 0.5) is 0 Å². The van der Waals surface area contributed by atoms with E-state index >= 15 is 0 Å². The second kappa shape index (κ2) is 10.00. The Morgan fingerprint density at radius 2 is 1.53 bits per heavy atom. The molecule has 1 fully saturated rings. The van der Waals surface area contributed by atoms with Crippen molar-refractivity contribution in [3.8, 4) is 29.0 Å². The van der Waals surface area contributed by atoms with Crippen molar-refractivity contribution in [1.82, 2.24) is 15.3 Å². The maximum Gasteiger partial charge on any atom is 0.278 e. The molecule has 1 aliphatic carbocycles. The number of rotatable bonds is 8. The Kier molecular flexibility index (Phi) is 7.16. The van der Waals surface area contributed by atoms with E-state index in [1.807, 2.05) is 0 Å². The molecular weight excluding hydrogens is 390 g/mol. The minimum atomic E-state index is -0.215. The van der Waals surface area contributed by atoms with Gasteiger partial charge in [0.05, 0.1) is 34.0 Å². The van der Waals surface area contributed by atoms with Crippen LogP contribution in [0.5, 0.6) is 29.0 Å². The standard InChI is InChI=1S/C21H27N3O6/c1-26-16-10-9-15(17(27-2)18(16)28-3)19(25)24-13-5-7-14(8-6-13)30-21-20(29-4)22-11-12-23-21/h9-14H,5-8H2,1-4H3,(H,24,25). The summed E-state index contributed by atoms with van der Waals surface area (Å²) in [5.74, 6) is 1.79. The van der Waals surface area contributed by atoms with Crippen LogP contribution in [0, 0.1) is 0 Å². The molecule has 9 heteroatoms. The molecule has 1 N–H and O–H groups in total. The number of nitrogens with zero attached hydrogens (tertiary/aromatic N) is 2. The van der Waals surface area contributed by atoms with Crippen LogP contribution in [0.15, 0.2) is 24.5 Å². The summed E-state index contributed by atoms with van der Waals surface area (Å²) in [4.78, 5) is 21.1. The number of nitrogens with one attached hydrogen (secondary N) is 1. The Labute approximate surface area is 175 Å². The van der Waals surface area contributed by atoms with Crippen molar-refractivity contribution in [2.45, 2.75) is 37.8 Å². The molecule has 1 heterocycles. The Balaban J connectivity index is 1.60. The van der Waals surface area contributed by atoms with Gasteiger partial charge in [0.15, 0.2) is 11.5 Å². The fourth-order valence-electron chi connectivity index (χ4n) is 3.56. The van der Waals surface area contributed by atoms with E-state index in [2.05, 4.69) is 15.3 Å². The van der Waals surface area contributed by atoms with Crippen LogP contribution in [0.2, 0.25) is 0 Å². The predicted octanol–water partition coefficient (Wildman–Crippen LogP) is 2.63. The van der Waals surface area contributed by atoms with E-state index in [0.29, 0.717) is 34.6 Å². The molecule has 0 bridgehead atoms. The summed E-state index contributed by atoms with van der Waals surface area (Å²) in [5.41, 5.74) is 0.401. The van der Waals surface area contributed by atoms with Gasteiger partial charge in [-0.05, 0) is 37.8 Å². The first-order valence-corrected chi connectivity index (χ1v) is 9.72. The first kappa shape index (κ1) is 21.5. The zero-order valence-electron chi connectivity index (χ0n) is 17.6. The van der Waals surface area contributed by atoms with Gasteiger partial charge in [0.25, 0.3) is 17.7 Å². The number of hydrogen-bond acceptors (Lipinski definition) is 8. The van der Waals surface area contributed by atoms with E-state index in [9.17, 15) is 4.79 Å². The number of amides is 1. The van der Waals surface area contributed by atoms with E-state index in [0.717, 1.165) is 25.7 Å². The topological polar surface area (TPSA) is 101 Å². The molecule has 1 amide bonds. The third kappa shape index (κ3) is 4.67. The van der Waals surface area contributed by atoms with Gasteiger partial charge in [-0.1, -0.05) is 0 Å². The van der Waals surface area contributed by atoms with E-state index in [4.69, 9.17) is 23.7 Å². The molecule has 162 valence electrons. The summed E-state index contributed by atoms with van der Waals surface area (Å²) in [5, 5.41) is 3.08. The third-order valence-electron chi connectivity index (χ3n) is 5.06. The van der Waals surface area contributed by atoms with Crippen molar-refractivity contribution in [3.63, 3.8) is 0 Å². The highest BCUT2D eigenvalue weighted by atomic mass is 16.5. The van der Waals surface area contributed by atoms with Crippen molar-refractivity contribution in [2.24, 2.45) is 0 Å². The maximum absolute atomic E-state index is 12.9. The summed E-state index contributed by atoms with van der Waals surface area (Å²) in [6.07, 6.45) is 6.27. The van der Waals surface area contributed by atoms with Crippen LogP contribution in [-0.4, -0.2) is 56.5 Å². The van der Waals surface area contributed by atoms with Gasteiger partial charge in [-0.2, -0.15) is 0 Å². The predicted molar refractivity (Wildman–Crippen MR) is 109 cm³/mol. The van der Waals surface area contributed by atoms with Gasteiger partial charge in [0.2, 0.25) is 5.75 Å². The normalized spacial score (nSPS) is 18.3. The Morgan fingerprint density at radius 1 is 0.867 bits per heavy atom. The highest BCUT2D eigenvalue weighted by Gasteiger charge is 2.27. The van der Waals surface area contributed by atoms with Crippen LogP contribution in [0.25, 0.3) is 0 Å². The quantitative estimate of drug-likeness (QED) is 0.700. The summed E-state index contributed by atoms with van der Waals surface area (Å²) < 4.78 is 27.2. The number of ether oxygens (including phenoxy) is 5. The Morgan fingerprint density at radius 3 is 2.13 bits per heavy atom. The van der Waals surface area contributed by atoms with Crippen molar-refractivity contribution < 1.29 is 28.5 Å². The van der Waals surface area contributed by atoms with Crippen LogP contribution in [-0.2, 0) is 0 Å². The van der Waals surface area contributed by atoms with Crippen LogP contribution < -0.4 is 29.0 Å². The van der Waals surface area contributed by atoms with E-state index < -0.39 is 0 Å². The molecule has 0 saturated heterocycles. The fraction of sp³-hybridized carbons (Fsp3) is 0.476. The molecule has 0 atom stereocenters. The Hall–Kier alpha value is -3.23. The fourth-order valence-corrected chi connectivity index (χ4v) is 3.56. The number of methoxy groups -OCH3 is 4. The SMILES string of the molecule is COc1ccc(C(=O)NC2CCC(Oc3nccnc3OC)CC2)c(OC)c1OC. The average Bonchev–Trinajstić information content (AvgIpc) is 2.79. The monoisotopic (exact) mass is 417 g/mol. The first-order valence-electron chi connectivity index (χ1n) is 9.72. The third-order valence-corrected chi connectivity index (χ3v) is 5.06. The molecule has 3 rings (SSSR count). The summed E-state index contributed by atoms with van der Waals surface area (Å²) in [6.45, 7) is 0. The lowest BCUT2D eigenvalue weighted by molar-refractivity contribution is 0.0883. The molecular formula is C21H27N3O6. The van der Waals surface area contributed by atoms with E-state index in [-0.39, 0.29) is 18.1 Å². The number of carbonyl (C=O) groups is 1. The van der Waals surface area contributed by atoms with Crippen LogP contribution in [0.1, 0.15) is 36.0 Å². The minimum absolute atomic E-state index is 0.000585. The molecule has 1 aliphatic rings. The first-order chi connectivity index (χ1) is 14.6. The molecule has 1 saturated carbocycles. The van der Waals surface area contributed by atoms with Crippen LogP contribution in [0.3, 0.4) is 0 Å². The van der Waals surface area contributed by atoms with Gasteiger partial charge >= 0.3 is 0 Å². The number of aromatic nitrogens is 2. The lowest BCUT2D eigenvalue weighted by Gasteiger charge is -2.29. The van der Waals surface area contributed by atoms with Crippen molar-refractivity contribution in [1.29, 1.82) is 0 Å². The second-order valence-electron chi connectivity index (χ2n) is 6.82. The molecule has 30 heavy (non-hydrogen) atoms. The van der Waals surface area contributed by atoms with Gasteiger partial charge in [-0.3, -0.25) is 4.79 Å². The summed E-state index contributed by atoms with van der Waals surface area (Å²) in [7, 11) is 6.08. The van der Waals surface area contributed by atoms with Gasteiger partial charge in [0, 0.05) is 18.4 Å². The largest absolute Gasteiger partial charge is 0.493 e. The molecule has 0 unspecified atom stereocenters. The summed E-state index contributed by atoms with van der Waals surface area (Å²) >= 11 is 0. The molecule has 0 radical (unpaired) electrons. The zero-order valence-corrected chi connectivity index (χ0v) is 17.6. The van der Waals surface area contributed by atoms with Gasteiger partial charge in [-0.25, -0.2) is 9.97 Å². The van der Waals surface area contributed by atoms with Crippen molar-refractivity contribution in [3.05, 3.63) is 30.1 Å². The molecule has 2 aromatic rings. The summed E-state index contributed by atoms with van der Waals surface area (Å²) in [6, 6.07) is 3.40. The number of benzene rings is 1. The molecule has 9 nitrogen and oxygen atoms in total. The van der Waals surface area contributed by atoms with Crippen LogP contribution >= 0.6 is 0 Å². The molecule has 0 spiro atoms. The van der Waals surface area contributed by atoms with Crippen molar-refractivity contribution in [2.75, 3.05) is 28.4 Å². The zero-order chi connectivity index (χ0) is 21.5. The molecule has 1 aromatic carbocycles. The lowest BCUT2D eigenvalue weighted by Crippen LogP contribution is -2.39. The minimum Gasteiger partial charge on any atom is -0.493 e. The second-order valence-corrected chi connectivity index (χ2v) is 6.82. The number of hydrogen-bond donors (Lipinski definition) is 1. The smallest absolute Gasteiger partial charge is 0.278 e. The average molecular weight is 417 g/mol. The van der Waals surface area contributed by atoms with Crippen molar-refractivity contribution >= 4 is 5.91 Å². The Bertz CT molecular complexity index is 868. The highest BCUT2D eigenvalue weighted by Crippen LogP contribution is 2.39. The van der Waals surface area contributed by atoms with E-state index in [1.54, 1.807) is 24.5 Å². The number of carbonyl (C=O) groups excluding carboxylic acids is 1. The lowest BCUT2D eigenvalue weighted by atomic mass is 9.92. The van der Waals surface area contributed by atoms with E-state index in [1.165, 1.54) is 28.4 Å². The van der Waals surface area contributed by atoms with Gasteiger partial charge < -0.3 is 29.0 Å². The molecule has 1 aromatic heterocycles. The maximum atomic E-state index is 12.9. The van der Waals surface area contributed by atoms with Gasteiger partial charge in [0.1, 0.15) is 6.10 Å².